The van der Waals surface area contributed by atoms with E-state index in [4.69, 9.17) is 5.11 Å². The Kier molecular flexibility index (Phi) is 6.20. The van der Waals surface area contributed by atoms with E-state index in [1.165, 1.54) is 4.88 Å². The zero-order chi connectivity index (χ0) is 16.0. The van der Waals surface area contributed by atoms with E-state index in [-0.39, 0.29) is 17.9 Å². The van der Waals surface area contributed by atoms with E-state index >= 15 is 0 Å². The maximum Gasteiger partial charge on any atom is 0.315 e. The SMILES string of the molecule is CCc1ccc(CNC(=O)NC(CC(=O)O)C(C)(C)C)s1. The summed E-state index contributed by atoms with van der Waals surface area (Å²) in [6, 6.07) is 3.32. The normalized spacial score (nSPS) is 12.8. The van der Waals surface area contributed by atoms with Crippen LogP contribution in [-0.4, -0.2) is 23.1 Å². The average Bonchev–Trinajstić information content (AvgIpc) is 2.82. The van der Waals surface area contributed by atoms with Crippen LogP contribution in [0, 0.1) is 5.41 Å². The molecule has 0 aliphatic heterocycles. The molecule has 1 heterocycles. The smallest absolute Gasteiger partial charge is 0.315 e. The Morgan fingerprint density at radius 1 is 1.29 bits per heavy atom. The number of carboxylic acids is 1. The number of hydrogen-bond acceptors (Lipinski definition) is 3. The second-order valence-electron chi connectivity index (χ2n) is 6.07. The lowest BCUT2D eigenvalue weighted by atomic mass is 9.85. The number of amides is 2. The fraction of sp³-hybridized carbons (Fsp3) is 0.600. The number of urea groups is 1. The minimum absolute atomic E-state index is 0.0874. The number of thiophene rings is 1. The van der Waals surface area contributed by atoms with Crippen molar-refractivity contribution in [1.29, 1.82) is 0 Å². The number of nitrogens with one attached hydrogen (secondary N) is 2. The molecule has 0 saturated heterocycles. The molecule has 1 unspecified atom stereocenters. The van der Waals surface area contributed by atoms with Crippen molar-refractivity contribution in [3.63, 3.8) is 0 Å². The molecule has 0 saturated carbocycles. The minimum Gasteiger partial charge on any atom is -0.481 e. The van der Waals surface area contributed by atoms with Gasteiger partial charge in [-0.1, -0.05) is 27.7 Å². The summed E-state index contributed by atoms with van der Waals surface area (Å²) in [5.74, 6) is -0.916. The molecule has 0 fully saturated rings. The van der Waals surface area contributed by atoms with Crippen LogP contribution in [0.5, 0.6) is 0 Å². The highest BCUT2D eigenvalue weighted by Gasteiger charge is 2.28. The van der Waals surface area contributed by atoms with E-state index in [1.54, 1.807) is 11.3 Å². The van der Waals surface area contributed by atoms with Crippen LogP contribution in [0.15, 0.2) is 12.1 Å². The fourth-order valence-electron chi connectivity index (χ4n) is 1.83. The lowest BCUT2D eigenvalue weighted by Gasteiger charge is -2.30. The molecule has 21 heavy (non-hydrogen) atoms. The Morgan fingerprint density at radius 2 is 1.90 bits per heavy atom. The van der Waals surface area contributed by atoms with Crippen molar-refractivity contribution in [1.82, 2.24) is 10.6 Å². The molecule has 1 rings (SSSR count). The second-order valence-corrected chi connectivity index (χ2v) is 7.32. The van der Waals surface area contributed by atoms with Gasteiger partial charge in [0.15, 0.2) is 0 Å². The highest BCUT2D eigenvalue weighted by atomic mass is 32.1. The van der Waals surface area contributed by atoms with Crippen molar-refractivity contribution < 1.29 is 14.7 Å². The molecule has 1 aromatic heterocycles. The summed E-state index contributed by atoms with van der Waals surface area (Å²) < 4.78 is 0. The van der Waals surface area contributed by atoms with Gasteiger partial charge in [-0.3, -0.25) is 4.79 Å². The van der Waals surface area contributed by atoms with Crippen LogP contribution in [0.3, 0.4) is 0 Å². The fourth-order valence-corrected chi connectivity index (χ4v) is 2.73. The number of hydrogen-bond donors (Lipinski definition) is 3. The highest BCUT2D eigenvalue weighted by Crippen LogP contribution is 2.22. The Hall–Kier alpha value is -1.56. The largest absolute Gasteiger partial charge is 0.481 e. The zero-order valence-corrected chi connectivity index (χ0v) is 13.8. The minimum atomic E-state index is -0.916. The first kappa shape index (κ1) is 17.5. The number of carboxylic acid groups (broad SMARTS) is 1. The van der Waals surface area contributed by atoms with E-state index in [2.05, 4.69) is 23.6 Å². The van der Waals surface area contributed by atoms with Crippen molar-refractivity contribution in [3.05, 3.63) is 21.9 Å². The summed E-state index contributed by atoms with van der Waals surface area (Å²) in [6.07, 6.45) is 0.900. The summed E-state index contributed by atoms with van der Waals surface area (Å²) in [4.78, 5) is 25.2. The van der Waals surface area contributed by atoms with Crippen LogP contribution in [0.2, 0.25) is 0 Å². The molecular weight excluding hydrogens is 288 g/mol. The number of carbonyl (C=O) groups is 2. The van der Waals surface area contributed by atoms with E-state index in [0.29, 0.717) is 6.54 Å². The van der Waals surface area contributed by atoms with Gasteiger partial charge in [-0.05, 0) is 24.0 Å². The number of aliphatic carboxylic acids is 1. The summed E-state index contributed by atoms with van der Waals surface area (Å²) in [5, 5.41) is 14.5. The van der Waals surface area contributed by atoms with E-state index < -0.39 is 12.0 Å². The standard InChI is InChI=1S/C15H24N2O3S/c1-5-10-6-7-11(21-10)9-16-14(20)17-12(8-13(18)19)15(2,3)4/h6-7,12H,5,8-9H2,1-4H3,(H,18,19)(H2,16,17,20). The maximum absolute atomic E-state index is 11.9. The first-order chi connectivity index (χ1) is 9.72. The number of rotatable bonds is 6. The average molecular weight is 312 g/mol. The van der Waals surface area contributed by atoms with Gasteiger partial charge in [-0.15, -0.1) is 11.3 Å². The van der Waals surface area contributed by atoms with Crippen LogP contribution < -0.4 is 10.6 Å². The van der Waals surface area contributed by atoms with E-state index in [9.17, 15) is 9.59 Å². The molecule has 1 atom stereocenters. The molecule has 2 amide bonds. The predicted octanol–water partition coefficient (Wildman–Crippen LogP) is 3.00. The molecule has 1 aromatic rings. The topological polar surface area (TPSA) is 78.4 Å². The van der Waals surface area contributed by atoms with Crippen molar-refractivity contribution in [2.75, 3.05) is 0 Å². The first-order valence-corrected chi connectivity index (χ1v) is 7.87. The van der Waals surface area contributed by atoms with Crippen molar-refractivity contribution >= 4 is 23.3 Å². The highest BCUT2D eigenvalue weighted by molar-refractivity contribution is 7.11. The molecule has 0 aliphatic carbocycles. The van der Waals surface area contributed by atoms with Gasteiger partial charge in [0.05, 0.1) is 13.0 Å². The third-order valence-corrected chi connectivity index (χ3v) is 4.45. The van der Waals surface area contributed by atoms with Crippen LogP contribution >= 0.6 is 11.3 Å². The van der Waals surface area contributed by atoms with Gasteiger partial charge in [0.1, 0.15) is 0 Å². The van der Waals surface area contributed by atoms with Gasteiger partial charge >= 0.3 is 12.0 Å². The molecule has 0 aliphatic rings. The zero-order valence-electron chi connectivity index (χ0n) is 13.0. The molecule has 5 nitrogen and oxygen atoms in total. The van der Waals surface area contributed by atoms with Gasteiger partial charge in [0.25, 0.3) is 0 Å². The second kappa shape index (κ2) is 7.45. The van der Waals surface area contributed by atoms with Crippen LogP contribution in [0.25, 0.3) is 0 Å². The van der Waals surface area contributed by atoms with Crippen molar-refractivity contribution in [2.24, 2.45) is 5.41 Å². The van der Waals surface area contributed by atoms with Crippen molar-refractivity contribution in [2.45, 2.75) is 53.1 Å². The summed E-state index contributed by atoms with van der Waals surface area (Å²) >= 11 is 1.67. The first-order valence-electron chi connectivity index (χ1n) is 7.06. The predicted molar refractivity (Wildman–Crippen MR) is 84.6 cm³/mol. The Labute approximate surface area is 129 Å². The third-order valence-electron chi connectivity index (χ3n) is 3.22. The van der Waals surface area contributed by atoms with Gasteiger partial charge in [0.2, 0.25) is 0 Å². The van der Waals surface area contributed by atoms with Gasteiger partial charge in [0, 0.05) is 15.8 Å². The van der Waals surface area contributed by atoms with E-state index in [1.807, 2.05) is 26.8 Å². The Morgan fingerprint density at radius 3 is 2.38 bits per heavy atom. The third kappa shape index (κ3) is 6.16. The van der Waals surface area contributed by atoms with Gasteiger partial charge in [-0.25, -0.2) is 4.79 Å². The van der Waals surface area contributed by atoms with E-state index in [0.717, 1.165) is 11.3 Å². The number of aryl methyl sites for hydroxylation is 1. The lowest BCUT2D eigenvalue weighted by molar-refractivity contribution is -0.138. The molecule has 0 spiro atoms. The van der Waals surface area contributed by atoms with Crippen LogP contribution in [0.4, 0.5) is 4.79 Å². The molecule has 6 heteroatoms. The van der Waals surface area contributed by atoms with Crippen molar-refractivity contribution in [3.8, 4) is 0 Å². The Bertz CT molecular complexity index is 491. The molecular formula is C15H24N2O3S. The molecule has 0 bridgehead atoms. The summed E-state index contributed by atoms with van der Waals surface area (Å²) in [5.41, 5.74) is -0.311. The van der Waals surface area contributed by atoms with Crippen LogP contribution in [0.1, 0.15) is 43.9 Å². The quantitative estimate of drug-likeness (QED) is 0.755. The maximum atomic E-state index is 11.9. The summed E-state index contributed by atoms with van der Waals surface area (Å²) in [7, 11) is 0. The summed E-state index contributed by atoms with van der Waals surface area (Å²) in [6.45, 7) is 8.28. The van der Waals surface area contributed by atoms with Crippen LogP contribution in [-0.2, 0) is 17.8 Å². The molecule has 0 aromatic carbocycles. The molecule has 0 radical (unpaired) electrons. The Balaban J connectivity index is 2.52. The molecule has 118 valence electrons. The lowest BCUT2D eigenvalue weighted by Crippen LogP contribution is -2.48. The van der Waals surface area contributed by atoms with Gasteiger partial charge in [-0.2, -0.15) is 0 Å². The number of carbonyl (C=O) groups excluding carboxylic acids is 1. The monoisotopic (exact) mass is 312 g/mol. The van der Waals surface area contributed by atoms with Gasteiger partial charge < -0.3 is 15.7 Å². The molecule has 3 N–H and O–H groups in total.